The number of amides is 2. The zero-order chi connectivity index (χ0) is 18.6. The molecule has 2 amide bonds. The van der Waals surface area contributed by atoms with Crippen molar-refractivity contribution in [2.75, 3.05) is 18.9 Å². The minimum Gasteiger partial charge on any atom is -0.382 e. The number of aliphatic hydroxyl groups excluding tert-OH is 1. The van der Waals surface area contributed by atoms with Gasteiger partial charge in [0.2, 0.25) is 0 Å². The molecule has 2 N–H and O–H groups in total. The van der Waals surface area contributed by atoms with Crippen LogP contribution in [0.15, 0.2) is 30.5 Å². The molecule has 0 aliphatic carbocycles. The van der Waals surface area contributed by atoms with Gasteiger partial charge in [-0.2, -0.15) is 13.2 Å². The molecule has 0 unspecified atom stereocenters. The molecule has 0 radical (unpaired) electrons. The number of urea groups is 1. The van der Waals surface area contributed by atoms with Gasteiger partial charge in [0.05, 0.1) is 6.54 Å². The van der Waals surface area contributed by atoms with Crippen LogP contribution in [0.25, 0.3) is 0 Å². The summed E-state index contributed by atoms with van der Waals surface area (Å²) in [4.78, 5) is 17.3. The van der Waals surface area contributed by atoms with Crippen LogP contribution in [0.3, 0.4) is 0 Å². The highest BCUT2D eigenvalue weighted by Crippen LogP contribution is 2.23. The number of rotatable bonds is 5. The highest BCUT2D eigenvalue weighted by molar-refractivity contribution is 7.15. The molecule has 0 aliphatic heterocycles. The Morgan fingerprint density at radius 1 is 1.44 bits per heavy atom. The van der Waals surface area contributed by atoms with Crippen LogP contribution in [0.5, 0.6) is 0 Å². The summed E-state index contributed by atoms with van der Waals surface area (Å²) < 4.78 is 50.0. The van der Waals surface area contributed by atoms with E-state index in [9.17, 15) is 22.4 Å². The average Bonchev–Trinajstić information content (AvgIpc) is 2.93. The van der Waals surface area contributed by atoms with Crippen molar-refractivity contribution in [2.24, 2.45) is 0 Å². The molecule has 136 valence electrons. The molecular weight excluding hydrogens is 362 g/mol. The monoisotopic (exact) mass is 377 g/mol. The highest BCUT2D eigenvalue weighted by Gasteiger charge is 2.39. The first kappa shape index (κ1) is 19.1. The van der Waals surface area contributed by atoms with Gasteiger partial charge in [-0.05, 0) is 17.7 Å². The van der Waals surface area contributed by atoms with Crippen molar-refractivity contribution in [3.63, 3.8) is 0 Å². The van der Waals surface area contributed by atoms with Crippen molar-refractivity contribution in [1.82, 2.24) is 9.88 Å². The summed E-state index contributed by atoms with van der Waals surface area (Å²) in [6, 6.07) is 5.20. The SMILES string of the molecule is CN(C[C@@H](O)C(F)(F)F)C(=O)Nc1ncc(Cc2cccc(F)c2)s1. The topological polar surface area (TPSA) is 65.5 Å². The number of aromatic nitrogens is 1. The van der Waals surface area contributed by atoms with E-state index < -0.39 is 24.9 Å². The van der Waals surface area contributed by atoms with E-state index in [1.165, 1.54) is 18.3 Å². The third-order valence-corrected chi connectivity index (χ3v) is 4.12. The smallest absolute Gasteiger partial charge is 0.382 e. The first-order valence-corrected chi connectivity index (χ1v) is 7.93. The molecule has 5 nitrogen and oxygen atoms in total. The van der Waals surface area contributed by atoms with E-state index in [1.54, 1.807) is 12.1 Å². The van der Waals surface area contributed by atoms with E-state index in [2.05, 4.69) is 10.3 Å². The van der Waals surface area contributed by atoms with Crippen LogP contribution in [0.1, 0.15) is 10.4 Å². The maximum atomic E-state index is 13.1. The van der Waals surface area contributed by atoms with Crippen molar-refractivity contribution < 1.29 is 27.5 Å². The molecule has 1 aromatic carbocycles. The Bertz CT molecular complexity index is 736. The number of halogens is 4. The number of anilines is 1. The molecule has 0 saturated heterocycles. The van der Waals surface area contributed by atoms with Crippen molar-refractivity contribution in [3.05, 3.63) is 46.7 Å². The second kappa shape index (κ2) is 7.79. The molecular formula is C15H15F4N3O2S. The highest BCUT2D eigenvalue weighted by atomic mass is 32.1. The Hall–Kier alpha value is -2.20. The van der Waals surface area contributed by atoms with Gasteiger partial charge in [-0.3, -0.25) is 5.32 Å². The zero-order valence-electron chi connectivity index (χ0n) is 13.0. The molecule has 0 fully saturated rings. The third kappa shape index (κ3) is 5.68. The van der Waals surface area contributed by atoms with Crippen LogP contribution < -0.4 is 5.32 Å². The Morgan fingerprint density at radius 2 is 2.16 bits per heavy atom. The molecule has 0 spiro atoms. The molecule has 10 heteroatoms. The molecule has 1 atom stereocenters. The van der Waals surface area contributed by atoms with Crippen LogP contribution in [0.2, 0.25) is 0 Å². The van der Waals surface area contributed by atoms with Gasteiger partial charge in [0.25, 0.3) is 0 Å². The standard InChI is InChI=1S/C15H15F4N3O2S/c1-22(8-12(23)15(17,18)19)14(24)21-13-20-7-11(25-13)6-9-3-2-4-10(16)5-9/h2-5,7,12,23H,6,8H2,1H3,(H,20,21,24)/t12-/m1/s1. The lowest BCUT2D eigenvalue weighted by molar-refractivity contribution is -0.205. The number of nitrogens with zero attached hydrogens (tertiary/aromatic N) is 2. The summed E-state index contributed by atoms with van der Waals surface area (Å²) in [5.74, 6) is -0.361. The van der Waals surface area contributed by atoms with Crippen molar-refractivity contribution in [3.8, 4) is 0 Å². The lowest BCUT2D eigenvalue weighted by atomic mass is 10.1. The Morgan fingerprint density at radius 3 is 2.80 bits per heavy atom. The van der Waals surface area contributed by atoms with Gasteiger partial charge < -0.3 is 10.0 Å². The lowest BCUT2D eigenvalue weighted by Crippen LogP contribution is -2.43. The largest absolute Gasteiger partial charge is 0.416 e. The molecule has 2 rings (SSSR count). The van der Waals surface area contributed by atoms with Crippen LogP contribution in [0.4, 0.5) is 27.5 Å². The number of nitrogens with one attached hydrogen (secondary N) is 1. The van der Waals surface area contributed by atoms with Gasteiger partial charge in [-0.15, -0.1) is 11.3 Å². The summed E-state index contributed by atoms with van der Waals surface area (Å²) >= 11 is 1.13. The molecule has 1 aromatic heterocycles. The number of likely N-dealkylation sites (N-methyl/N-ethyl adjacent to an activating group) is 1. The predicted octanol–water partition coefficient (Wildman–Crippen LogP) is 3.26. The van der Waals surface area contributed by atoms with E-state index >= 15 is 0 Å². The van der Waals surface area contributed by atoms with Gasteiger partial charge in [0.1, 0.15) is 5.82 Å². The number of hydrogen-bond donors (Lipinski definition) is 2. The van der Waals surface area contributed by atoms with E-state index in [1.807, 2.05) is 0 Å². The van der Waals surface area contributed by atoms with E-state index in [4.69, 9.17) is 5.11 Å². The van der Waals surface area contributed by atoms with Gasteiger partial charge in [0.15, 0.2) is 11.2 Å². The summed E-state index contributed by atoms with van der Waals surface area (Å²) in [6.07, 6.45) is -5.51. The quantitative estimate of drug-likeness (QED) is 0.786. The van der Waals surface area contributed by atoms with Crippen LogP contribution in [-0.4, -0.2) is 46.9 Å². The van der Waals surface area contributed by atoms with E-state index in [0.29, 0.717) is 11.3 Å². The molecule has 0 saturated carbocycles. The Labute approximate surface area is 144 Å². The van der Waals surface area contributed by atoms with Gasteiger partial charge in [-0.1, -0.05) is 12.1 Å². The number of alkyl halides is 3. The maximum absolute atomic E-state index is 13.1. The predicted molar refractivity (Wildman–Crippen MR) is 85.0 cm³/mol. The first-order chi connectivity index (χ1) is 11.6. The van der Waals surface area contributed by atoms with Crippen molar-refractivity contribution in [1.29, 1.82) is 0 Å². The fourth-order valence-electron chi connectivity index (χ4n) is 1.93. The molecule has 0 aliphatic rings. The van der Waals surface area contributed by atoms with E-state index in [0.717, 1.165) is 28.8 Å². The zero-order valence-corrected chi connectivity index (χ0v) is 13.9. The van der Waals surface area contributed by atoms with Gasteiger partial charge in [-0.25, -0.2) is 14.2 Å². The summed E-state index contributed by atoms with van der Waals surface area (Å²) in [6.45, 7) is -0.892. The molecule has 25 heavy (non-hydrogen) atoms. The molecule has 1 heterocycles. The number of hydrogen-bond acceptors (Lipinski definition) is 4. The Balaban J connectivity index is 1.93. The third-order valence-electron chi connectivity index (χ3n) is 3.21. The maximum Gasteiger partial charge on any atom is 0.416 e. The number of benzene rings is 1. The molecule has 2 aromatic rings. The summed E-state index contributed by atoms with van der Waals surface area (Å²) in [5.41, 5.74) is 0.729. The van der Waals surface area contributed by atoms with Gasteiger partial charge in [0, 0.05) is 24.5 Å². The fraction of sp³-hybridized carbons (Fsp3) is 0.333. The number of carbonyl (C=O) groups is 1. The second-order valence-electron chi connectivity index (χ2n) is 5.31. The second-order valence-corrected chi connectivity index (χ2v) is 6.42. The minimum atomic E-state index is -4.80. The van der Waals surface area contributed by atoms with Crippen molar-refractivity contribution >= 4 is 22.5 Å². The van der Waals surface area contributed by atoms with Crippen LogP contribution >= 0.6 is 11.3 Å². The van der Waals surface area contributed by atoms with Crippen LogP contribution in [0, 0.1) is 5.82 Å². The normalized spacial score (nSPS) is 12.7. The summed E-state index contributed by atoms with van der Waals surface area (Å²) in [7, 11) is 1.13. The first-order valence-electron chi connectivity index (χ1n) is 7.11. The van der Waals surface area contributed by atoms with E-state index in [-0.39, 0.29) is 10.9 Å². The van der Waals surface area contributed by atoms with Crippen LogP contribution in [-0.2, 0) is 6.42 Å². The lowest BCUT2D eigenvalue weighted by Gasteiger charge is -2.22. The Kier molecular flexibility index (Phi) is 5.96. The fourth-order valence-corrected chi connectivity index (χ4v) is 2.76. The number of carbonyl (C=O) groups excluding carboxylic acids is 1. The average molecular weight is 377 g/mol. The molecule has 0 bridgehead atoms. The number of thiazole rings is 1. The van der Waals surface area contributed by atoms with Crippen molar-refractivity contribution in [2.45, 2.75) is 18.7 Å². The van der Waals surface area contributed by atoms with Gasteiger partial charge >= 0.3 is 12.2 Å². The minimum absolute atomic E-state index is 0.199. The number of aliphatic hydroxyl groups is 1. The summed E-state index contributed by atoms with van der Waals surface area (Å²) in [5, 5.41) is 11.5.